The highest BCUT2D eigenvalue weighted by Gasteiger charge is 2.16. The molecular weight excluding hydrogens is 436 g/mol. The summed E-state index contributed by atoms with van der Waals surface area (Å²) >= 11 is 7.16. The van der Waals surface area contributed by atoms with E-state index < -0.39 is 0 Å². The number of carbonyl (C=O) groups excluding carboxylic acids is 2. The molecule has 3 aromatic rings. The molecule has 2 aromatic carbocycles. The SMILES string of the molecule is CC(C)CNC(=O)c1ccccc1NC(=O)CSc1nnc(-c2cccc(Cl)c2)n1N. The molecule has 0 aliphatic carbocycles. The molecule has 31 heavy (non-hydrogen) atoms. The van der Waals surface area contributed by atoms with Crippen LogP contribution in [-0.2, 0) is 4.79 Å². The molecule has 4 N–H and O–H groups in total. The standard InChI is InChI=1S/C21H23ClN6O2S/c1-13(2)11-24-20(30)16-8-3-4-9-17(16)25-18(29)12-31-21-27-26-19(28(21)23)14-6-5-7-15(22)10-14/h3-10,13H,11-12,23H2,1-2H3,(H,24,30)(H,25,29). The molecule has 2 amide bonds. The van der Waals surface area contributed by atoms with Crippen LogP contribution in [-0.4, -0.2) is 39.0 Å². The second kappa shape index (κ2) is 10.3. The van der Waals surface area contributed by atoms with Crippen molar-refractivity contribution in [1.82, 2.24) is 20.2 Å². The summed E-state index contributed by atoms with van der Waals surface area (Å²) in [5.74, 6) is 6.38. The van der Waals surface area contributed by atoms with Gasteiger partial charge in [-0.05, 0) is 30.2 Å². The van der Waals surface area contributed by atoms with E-state index in [2.05, 4.69) is 20.8 Å². The van der Waals surface area contributed by atoms with Crippen LogP contribution in [0.2, 0.25) is 5.02 Å². The normalized spacial score (nSPS) is 10.8. The van der Waals surface area contributed by atoms with Gasteiger partial charge in [-0.25, -0.2) is 4.68 Å². The number of benzene rings is 2. The minimum atomic E-state index is -0.290. The van der Waals surface area contributed by atoms with Gasteiger partial charge in [0.1, 0.15) is 0 Å². The van der Waals surface area contributed by atoms with E-state index in [4.69, 9.17) is 17.4 Å². The van der Waals surface area contributed by atoms with Crippen LogP contribution in [0, 0.1) is 5.92 Å². The number of nitrogens with one attached hydrogen (secondary N) is 2. The van der Waals surface area contributed by atoms with Crippen molar-refractivity contribution in [3.05, 3.63) is 59.1 Å². The maximum Gasteiger partial charge on any atom is 0.253 e. The summed E-state index contributed by atoms with van der Waals surface area (Å²) in [6.07, 6.45) is 0. The monoisotopic (exact) mass is 458 g/mol. The first-order valence-electron chi connectivity index (χ1n) is 9.61. The van der Waals surface area contributed by atoms with Crippen molar-refractivity contribution in [2.75, 3.05) is 23.5 Å². The van der Waals surface area contributed by atoms with Gasteiger partial charge in [0.2, 0.25) is 11.1 Å². The van der Waals surface area contributed by atoms with E-state index in [-0.39, 0.29) is 17.6 Å². The molecule has 1 aromatic heterocycles. The Bertz CT molecular complexity index is 1090. The van der Waals surface area contributed by atoms with Crippen molar-refractivity contribution in [3.63, 3.8) is 0 Å². The smallest absolute Gasteiger partial charge is 0.253 e. The molecule has 0 aliphatic heterocycles. The van der Waals surface area contributed by atoms with Crippen LogP contribution >= 0.6 is 23.4 Å². The Labute approximate surface area is 189 Å². The van der Waals surface area contributed by atoms with Crippen LogP contribution in [0.25, 0.3) is 11.4 Å². The van der Waals surface area contributed by atoms with E-state index in [1.54, 1.807) is 42.5 Å². The topological polar surface area (TPSA) is 115 Å². The molecule has 162 valence electrons. The third kappa shape index (κ3) is 5.99. The summed E-state index contributed by atoms with van der Waals surface area (Å²) in [4.78, 5) is 24.9. The Morgan fingerprint density at radius 2 is 1.94 bits per heavy atom. The minimum absolute atomic E-state index is 0.0484. The number of nitrogen functional groups attached to an aromatic ring is 1. The number of amides is 2. The minimum Gasteiger partial charge on any atom is -0.352 e. The Morgan fingerprint density at radius 3 is 2.68 bits per heavy atom. The molecule has 0 atom stereocenters. The van der Waals surface area contributed by atoms with Crippen molar-refractivity contribution in [2.24, 2.45) is 5.92 Å². The number of anilines is 1. The molecule has 0 fully saturated rings. The predicted molar refractivity (Wildman–Crippen MR) is 124 cm³/mol. The summed E-state index contributed by atoms with van der Waals surface area (Å²) in [5.41, 5.74) is 1.58. The number of hydrogen-bond acceptors (Lipinski definition) is 6. The van der Waals surface area contributed by atoms with Crippen LogP contribution in [0.5, 0.6) is 0 Å². The molecule has 3 rings (SSSR count). The lowest BCUT2D eigenvalue weighted by Crippen LogP contribution is -2.28. The molecular formula is C21H23ClN6O2S. The second-order valence-corrected chi connectivity index (χ2v) is 8.55. The first-order valence-corrected chi connectivity index (χ1v) is 11.0. The summed E-state index contributed by atoms with van der Waals surface area (Å²) < 4.78 is 1.32. The molecule has 0 saturated heterocycles. The number of para-hydroxylation sites is 1. The summed E-state index contributed by atoms with van der Waals surface area (Å²) in [7, 11) is 0. The van der Waals surface area contributed by atoms with Crippen molar-refractivity contribution in [2.45, 2.75) is 19.0 Å². The number of carbonyl (C=O) groups is 2. The van der Waals surface area contributed by atoms with Gasteiger partial charge < -0.3 is 16.5 Å². The van der Waals surface area contributed by atoms with Crippen molar-refractivity contribution in [3.8, 4) is 11.4 Å². The second-order valence-electron chi connectivity index (χ2n) is 7.17. The number of aromatic nitrogens is 3. The van der Waals surface area contributed by atoms with E-state index >= 15 is 0 Å². The fourth-order valence-electron chi connectivity index (χ4n) is 2.70. The molecule has 0 radical (unpaired) electrons. The van der Waals surface area contributed by atoms with Gasteiger partial charge in [0.25, 0.3) is 5.91 Å². The third-order valence-electron chi connectivity index (χ3n) is 4.20. The quantitative estimate of drug-likeness (QED) is 0.352. The Balaban J connectivity index is 1.63. The zero-order valence-electron chi connectivity index (χ0n) is 17.1. The number of rotatable bonds is 8. The first kappa shape index (κ1) is 22.6. The van der Waals surface area contributed by atoms with Crippen molar-refractivity contribution in [1.29, 1.82) is 0 Å². The zero-order valence-corrected chi connectivity index (χ0v) is 18.7. The van der Waals surface area contributed by atoms with Crippen LogP contribution in [0.3, 0.4) is 0 Å². The Hall–Kier alpha value is -3.04. The largest absolute Gasteiger partial charge is 0.352 e. The van der Waals surface area contributed by atoms with Crippen molar-refractivity contribution < 1.29 is 9.59 Å². The zero-order chi connectivity index (χ0) is 22.4. The number of nitrogens with two attached hydrogens (primary N) is 1. The Morgan fingerprint density at radius 1 is 1.16 bits per heavy atom. The van der Waals surface area contributed by atoms with Gasteiger partial charge in [0.15, 0.2) is 5.82 Å². The maximum absolute atomic E-state index is 12.5. The fraction of sp³-hybridized carbons (Fsp3) is 0.238. The number of halogens is 1. The van der Waals surface area contributed by atoms with E-state index in [1.807, 2.05) is 19.9 Å². The molecule has 1 heterocycles. The molecule has 0 unspecified atom stereocenters. The van der Waals surface area contributed by atoms with Gasteiger partial charge in [0.05, 0.1) is 17.0 Å². The summed E-state index contributed by atoms with van der Waals surface area (Å²) in [6, 6.07) is 14.0. The van der Waals surface area contributed by atoms with Gasteiger partial charge in [0, 0.05) is 17.1 Å². The highest BCUT2D eigenvalue weighted by molar-refractivity contribution is 7.99. The third-order valence-corrected chi connectivity index (χ3v) is 5.37. The Kier molecular flexibility index (Phi) is 7.54. The van der Waals surface area contributed by atoms with Gasteiger partial charge in [-0.2, -0.15) is 0 Å². The number of thioether (sulfide) groups is 1. The molecule has 8 nitrogen and oxygen atoms in total. The van der Waals surface area contributed by atoms with Gasteiger partial charge >= 0.3 is 0 Å². The predicted octanol–water partition coefficient (Wildman–Crippen LogP) is 3.43. The van der Waals surface area contributed by atoms with Crippen LogP contribution in [0.4, 0.5) is 5.69 Å². The van der Waals surface area contributed by atoms with Crippen LogP contribution in [0.1, 0.15) is 24.2 Å². The highest BCUT2D eigenvalue weighted by atomic mass is 35.5. The van der Waals surface area contributed by atoms with E-state index in [9.17, 15) is 9.59 Å². The van der Waals surface area contributed by atoms with Crippen LogP contribution in [0.15, 0.2) is 53.7 Å². The lowest BCUT2D eigenvalue weighted by atomic mass is 10.1. The van der Waals surface area contributed by atoms with Gasteiger partial charge in [-0.3, -0.25) is 9.59 Å². The number of nitrogens with zero attached hydrogens (tertiary/aromatic N) is 3. The van der Waals surface area contributed by atoms with Crippen molar-refractivity contribution >= 4 is 40.9 Å². The number of hydrogen-bond donors (Lipinski definition) is 3. The van der Waals surface area contributed by atoms with E-state index in [0.29, 0.717) is 39.7 Å². The molecule has 0 saturated carbocycles. The average Bonchev–Trinajstić information content (AvgIpc) is 3.11. The summed E-state index contributed by atoms with van der Waals surface area (Å²) in [6.45, 7) is 4.58. The lowest BCUT2D eigenvalue weighted by Gasteiger charge is -2.12. The maximum atomic E-state index is 12.5. The molecule has 10 heteroatoms. The molecule has 0 bridgehead atoms. The van der Waals surface area contributed by atoms with Gasteiger partial charge in [-0.1, -0.05) is 61.5 Å². The van der Waals surface area contributed by atoms with Gasteiger partial charge in [-0.15, -0.1) is 10.2 Å². The molecule has 0 spiro atoms. The highest BCUT2D eigenvalue weighted by Crippen LogP contribution is 2.24. The lowest BCUT2D eigenvalue weighted by molar-refractivity contribution is -0.113. The summed E-state index contributed by atoms with van der Waals surface area (Å²) in [5, 5.41) is 14.7. The average molecular weight is 459 g/mol. The molecule has 0 aliphatic rings. The van der Waals surface area contributed by atoms with E-state index in [1.165, 1.54) is 4.68 Å². The van der Waals surface area contributed by atoms with Crippen LogP contribution < -0.4 is 16.5 Å². The van der Waals surface area contributed by atoms with E-state index in [0.717, 1.165) is 17.3 Å². The first-order chi connectivity index (χ1) is 14.8. The fourth-order valence-corrected chi connectivity index (χ4v) is 3.55.